The maximum Gasteiger partial charge on any atom is 0.161 e. The Hall–Kier alpha value is -1.82. The van der Waals surface area contributed by atoms with Gasteiger partial charge in [0.1, 0.15) is 11.6 Å². The van der Waals surface area contributed by atoms with Gasteiger partial charge in [-0.15, -0.1) is 0 Å². The number of hydrogen-bond acceptors (Lipinski definition) is 3. The zero-order valence-electron chi connectivity index (χ0n) is 9.64. The third-order valence-electron chi connectivity index (χ3n) is 2.39. The third kappa shape index (κ3) is 2.89. The van der Waals surface area contributed by atoms with E-state index in [1.807, 2.05) is 0 Å². The molecule has 6 heteroatoms. The number of aromatic nitrogens is 1. The summed E-state index contributed by atoms with van der Waals surface area (Å²) in [5.74, 6) is -2.36. The summed E-state index contributed by atoms with van der Waals surface area (Å²) in [5.41, 5.74) is 0.726. The van der Waals surface area contributed by atoms with Crippen molar-refractivity contribution in [3.05, 3.63) is 52.7 Å². The Balaban J connectivity index is 1.96. The number of halogens is 3. The van der Waals surface area contributed by atoms with E-state index in [-0.39, 0.29) is 12.1 Å². The van der Waals surface area contributed by atoms with E-state index in [1.165, 1.54) is 0 Å². The second-order valence-electron chi connectivity index (χ2n) is 3.89. The predicted octanol–water partition coefficient (Wildman–Crippen LogP) is 2.69. The molecule has 0 unspecified atom stereocenters. The summed E-state index contributed by atoms with van der Waals surface area (Å²) in [6.45, 7) is 2.19. The Morgan fingerprint density at radius 1 is 1.06 bits per heavy atom. The number of rotatable bonds is 4. The van der Waals surface area contributed by atoms with Gasteiger partial charge >= 0.3 is 0 Å². The van der Waals surface area contributed by atoms with E-state index in [9.17, 15) is 13.2 Å². The molecule has 0 radical (unpaired) electrons. The second-order valence-corrected chi connectivity index (χ2v) is 3.89. The molecule has 0 saturated heterocycles. The molecule has 0 aliphatic rings. The molecule has 1 heterocycles. The maximum atomic E-state index is 13.3. The molecule has 0 aliphatic heterocycles. The smallest absolute Gasteiger partial charge is 0.161 e. The first-order valence-electron chi connectivity index (χ1n) is 5.32. The highest BCUT2D eigenvalue weighted by atomic mass is 19.2. The molecule has 1 N–H and O–H groups in total. The van der Waals surface area contributed by atoms with Gasteiger partial charge in [0.05, 0.1) is 5.69 Å². The average Bonchev–Trinajstić information content (AvgIpc) is 2.71. The molecular weight excluding hydrogens is 245 g/mol. The summed E-state index contributed by atoms with van der Waals surface area (Å²) in [4.78, 5) is 0. The molecule has 3 nitrogen and oxygen atoms in total. The van der Waals surface area contributed by atoms with Crippen LogP contribution in [-0.2, 0) is 13.1 Å². The van der Waals surface area contributed by atoms with Gasteiger partial charge in [0.2, 0.25) is 0 Å². The van der Waals surface area contributed by atoms with Gasteiger partial charge in [-0.05, 0) is 13.0 Å². The normalized spacial score (nSPS) is 10.9. The van der Waals surface area contributed by atoms with E-state index in [2.05, 4.69) is 10.5 Å². The SMILES string of the molecule is Cc1cc(CNCc2cc(F)c(F)cc2F)no1. The van der Waals surface area contributed by atoms with Crippen LogP contribution in [0.25, 0.3) is 0 Å². The average molecular weight is 256 g/mol. The zero-order chi connectivity index (χ0) is 13.1. The maximum absolute atomic E-state index is 13.3. The number of nitrogens with zero attached hydrogens (tertiary/aromatic N) is 1. The predicted molar refractivity (Wildman–Crippen MR) is 58.1 cm³/mol. The van der Waals surface area contributed by atoms with Crippen LogP contribution in [0.3, 0.4) is 0 Å². The number of hydrogen-bond donors (Lipinski definition) is 1. The Morgan fingerprint density at radius 2 is 1.78 bits per heavy atom. The number of benzene rings is 1. The summed E-state index contributed by atoms with van der Waals surface area (Å²) < 4.78 is 43.7. The van der Waals surface area contributed by atoms with Crippen molar-refractivity contribution in [1.82, 2.24) is 10.5 Å². The number of nitrogens with one attached hydrogen (secondary N) is 1. The van der Waals surface area contributed by atoms with Crippen LogP contribution in [0.1, 0.15) is 17.0 Å². The van der Waals surface area contributed by atoms with Gasteiger partial charge in [-0.25, -0.2) is 13.2 Å². The summed E-state index contributed by atoms with van der Waals surface area (Å²) in [6, 6.07) is 3.10. The van der Waals surface area contributed by atoms with Crippen LogP contribution in [0.2, 0.25) is 0 Å². The Kier molecular flexibility index (Phi) is 3.66. The lowest BCUT2D eigenvalue weighted by molar-refractivity contribution is 0.388. The van der Waals surface area contributed by atoms with Gasteiger partial charge in [-0.3, -0.25) is 0 Å². The first-order chi connectivity index (χ1) is 8.56. The Labute approximate surface area is 102 Å². The first kappa shape index (κ1) is 12.6. The first-order valence-corrected chi connectivity index (χ1v) is 5.32. The molecular formula is C12H11F3N2O. The van der Waals surface area contributed by atoms with Crippen LogP contribution < -0.4 is 5.32 Å². The molecule has 1 aromatic carbocycles. The Bertz CT molecular complexity index is 554. The van der Waals surface area contributed by atoms with Gasteiger partial charge in [0, 0.05) is 30.8 Å². The molecule has 0 bridgehead atoms. The van der Waals surface area contributed by atoms with Crippen LogP contribution in [0, 0.1) is 24.4 Å². The van der Waals surface area contributed by atoms with E-state index in [1.54, 1.807) is 13.0 Å². The second kappa shape index (κ2) is 5.22. The highest BCUT2D eigenvalue weighted by Gasteiger charge is 2.09. The monoisotopic (exact) mass is 256 g/mol. The standard InChI is InChI=1S/C12H11F3N2O/c1-7-2-9(17-18-7)6-16-5-8-3-11(14)12(15)4-10(8)13/h2-4,16H,5-6H2,1H3. The minimum Gasteiger partial charge on any atom is -0.361 e. The fourth-order valence-corrected chi connectivity index (χ4v) is 1.53. The quantitative estimate of drug-likeness (QED) is 0.855. The fraction of sp³-hybridized carbons (Fsp3) is 0.250. The minimum absolute atomic E-state index is 0.0640. The van der Waals surface area contributed by atoms with Crippen LogP contribution >= 0.6 is 0 Å². The van der Waals surface area contributed by atoms with Gasteiger partial charge in [-0.2, -0.15) is 0 Å². The van der Waals surface area contributed by atoms with E-state index in [0.717, 1.165) is 6.07 Å². The summed E-state index contributed by atoms with van der Waals surface area (Å²) in [5, 5.41) is 6.60. The molecule has 2 rings (SSSR count). The molecule has 1 aromatic heterocycles. The van der Waals surface area contributed by atoms with Crippen molar-refractivity contribution in [3.8, 4) is 0 Å². The van der Waals surface area contributed by atoms with Gasteiger partial charge in [-0.1, -0.05) is 5.16 Å². The zero-order valence-corrected chi connectivity index (χ0v) is 9.64. The Morgan fingerprint density at radius 3 is 2.44 bits per heavy atom. The third-order valence-corrected chi connectivity index (χ3v) is 2.39. The van der Waals surface area contributed by atoms with Crippen molar-refractivity contribution in [2.45, 2.75) is 20.0 Å². The molecule has 0 fully saturated rings. The van der Waals surface area contributed by atoms with Crippen molar-refractivity contribution in [2.24, 2.45) is 0 Å². The number of aryl methyl sites for hydroxylation is 1. The van der Waals surface area contributed by atoms with Crippen LogP contribution in [0.4, 0.5) is 13.2 Å². The van der Waals surface area contributed by atoms with E-state index >= 15 is 0 Å². The van der Waals surface area contributed by atoms with Gasteiger partial charge in [0.25, 0.3) is 0 Å². The van der Waals surface area contributed by atoms with E-state index in [4.69, 9.17) is 4.52 Å². The van der Waals surface area contributed by atoms with Gasteiger partial charge in [0.15, 0.2) is 11.6 Å². The molecule has 0 aliphatic carbocycles. The summed E-state index contributed by atoms with van der Waals surface area (Å²) in [7, 11) is 0. The largest absolute Gasteiger partial charge is 0.361 e. The lowest BCUT2D eigenvalue weighted by atomic mass is 10.2. The van der Waals surface area contributed by atoms with E-state index < -0.39 is 17.5 Å². The van der Waals surface area contributed by atoms with E-state index in [0.29, 0.717) is 24.1 Å². The molecule has 0 atom stereocenters. The summed E-state index contributed by atoms with van der Waals surface area (Å²) in [6.07, 6.45) is 0. The highest BCUT2D eigenvalue weighted by molar-refractivity contribution is 5.20. The molecule has 0 spiro atoms. The van der Waals surface area contributed by atoms with Crippen molar-refractivity contribution in [3.63, 3.8) is 0 Å². The molecule has 0 amide bonds. The van der Waals surface area contributed by atoms with Crippen molar-refractivity contribution >= 4 is 0 Å². The lowest BCUT2D eigenvalue weighted by Gasteiger charge is -2.05. The van der Waals surface area contributed by atoms with Crippen molar-refractivity contribution < 1.29 is 17.7 Å². The fourth-order valence-electron chi connectivity index (χ4n) is 1.53. The molecule has 18 heavy (non-hydrogen) atoms. The highest BCUT2D eigenvalue weighted by Crippen LogP contribution is 2.13. The van der Waals surface area contributed by atoms with Crippen molar-refractivity contribution in [2.75, 3.05) is 0 Å². The van der Waals surface area contributed by atoms with Crippen LogP contribution in [0.15, 0.2) is 22.7 Å². The molecule has 0 saturated carbocycles. The van der Waals surface area contributed by atoms with Crippen LogP contribution in [0.5, 0.6) is 0 Å². The summed E-state index contributed by atoms with van der Waals surface area (Å²) >= 11 is 0. The van der Waals surface area contributed by atoms with Crippen LogP contribution in [-0.4, -0.2) is 5.16 Å². The minimum atomic E-state index is -1.19. The van der Waals surface area contributed by atoms with Gasteiger partial charge < -0.3 is 9.84 Å². The molecule has 2 aromatic rings. The molecule has 96 valence electrons. The lowest BCUT2D eigenvalue weighted by Crippen LogP contribution is -2.14. The van der Waals surface area contributed by atoms with Crippen molar-refractivity contribution in [1.29, 1.82) is 0 Å². The topological polar surface area (TPSA) is 38.1 Å².